The van der Waals surface area contributed by atoms with E-state index in [1.807, 2.05) is 51.2 Å². The predicted octanol–water partition coefficient (Wildman–Crippen LogP) is 6.26. The molecule has 10 nitrogen and oxygen atoms in total. The average Bonchev–Trinajstić information content (AvgIpc) is 3.66. The van der Waals surface area contributed by atoms with Crippen LogP contribution in [0.25, 0.3) is 10.2 Å². The van der Waals surface area contributed by atoms with Crippen molar-refractivity contribution >= 4 is 60.8 Å². The van der Waals surface area contributed by atoms with Crippen LogP contribution < -0.4 is 20.3 Å². The van der Waals surface area contributed by atoms with Gasteiger partial charge in [-0.25, -0.2) is 19.2 Å². The van der Waals surface area contributed by atoms with Gasteiger partial charge in [0, 0.05) is 17.5 Å². The Hall–Kier alpha value is -4.64. The maximum absolute atomic E-state index is 14.6. The summed E-state index contributed by atoms with van der Waals surface area (Å²) < 4.78 is 26.3. The summed E-state index contributed by atoms with van der Waals surface area (Å²) >= 11 is 2.90. The number of methoxy groups -OCH3 is 1. The summed E-state index contributed by atoms with van der Waals surface area (Å²) in [7, 11) is 3.13. The third kappa shape index (κ3) is 7.91. The van der Waals surface area contributed by atoms with E-state index in [1.165, 1.54) is 24.5 Å². The Morgan fingerprint density at radius 1 is 1.11 bits per heavy atom. The number of aryl methyl sites for hydroxylation is 2. The number of hydrogen-bond acceptors (Lipinski definition) is 12. The standard InChI is InChI=1S/C32H32FN7O3S2/c1-5-34-16-8-10-21-14-15-24(22(33)19-21)43-17-9-13-26-28(30(41)42-4)36-32(45-26)40(3)27-18-20(2)29(39-38-27)37-31-35-23-11-6-7-12-25(23)44-31/h6-7,11-12,14-15,18-19,34H,5,9,13,16-17H2,1-4H3,(H,35,37,39). The molecular weight excluding hydrogens is 614 g/mol. The van der Waals surface area contributed by atoms with E-state index >= 15 is 0 Å². The Kier molecular flexibility index (Phi) is 10.5. The number of fused-ring (bicyclic) bond motifs is 1. The first kappa shape index (κ1) is 31.8. The summed E-state index contributed by atoms with van der Waals surface area (Å²) in [4.78, 5) is 24.2. The fourth-order valence-corrected chi connectivity index (χ4v) is 6.16. The van der Waals surface area contributed by atoms with Crippen LogP contribution in [0.1, 0.15) is 39.8 Å². The van der Waals surface area contributed by atoms with Crippen molar-refractivity contribution in [3.63, 3.8) is 0 Å². The summed E-state index contributed by atoms with van der Waals surface area (Å²) in [6.07, 6.45) is 1.02. The van der Waals surface area contributed by atoms with Gasteiger partial charge in [-0.15, -0.1) is 21.5 Å². The Balaban J connectivity index is 1.22. The second-order valence-corrected chi connectivity index (χ2v) is 11.9. The van der Waals surface area contributed by atoms with E-state index in [-0.39, 0.29) is 18.1 Å². The third-order valence-corrected chi connectivity index (χ3v) is 8.76. The number of rotatable bonds is 12. The molecule has 2 aromatic carbocycles. The summed E-state index contributed by atoms with van der Waals surface area (Å²) in [5, 5.41) is 16.4. The lowest BCUT2D eigenvalue weighted by Crippen LogP contribution is -2.13. The first-order valence-corrected chi connectivity index (χ1v) is 15.9. The molecule has 0 unspecified atom stereocenters. The largest absolute Gasteiger partial charge is 0.491 e. The number of esters is 1. The van der Waals surface area contributed by atoms with E-state index in [9.17, 15) is 9.18 Å². The van der Waals surface area contributed by atoms with Crippen molar-refractivity contribution in [3.8, 4) is 17.6 Å². The molecule has 2 N–H and O–H groups in total. The minimum Gasteiger partial charge on any atom is -0.491 e. The fourth-order valence-electron chi connectivity index (χ4n) is 4.24. The molecule has 0 bridgehead atoms. The normalized spacial score (nSPS) is 10.8. The first-order chi connectivity index (χ1) is 21.9. The number of thiazole rings is 2. The highest BCUT2D eigenvalue weighted by Gasteiger charge is 2.22. The molecule has 0 radical (unpaired) electrons. The fraction of sp³-hybridized carbons (Fsp3) is 0.281. The molecule has 0 atom stereocenters. The zero-order chi connectivity index (χ0) is 31.8. The first-order valence-electron chi connectivity index (χ1n) is 14.3. The van der Waals surface area contributed by atoms with Crippen LogP contribution in [-0.2, 0) is 11.2 Å². The van der Waals surface area contributed by atoms with Gasteiger partial charge in [-0.3, -0.25) is 0 Å². The predicted molar refractivity (Wildman–Crippen MR) is 177 cm³/mol. The lowest BCUT2D eigenvalue weighted by atomic mass is 10.2. The molecule has 0 spiro atoms. The smallest absolute Gasteiger partial charge is 0.357 e. The molecule has 0 aliphatic carbocycles. The SMILES string of the molecule is CCNCC#Cc1ccc(OCCCc2sc(N(C)c3cc(C)c(Nc4nc5ccccc5s4)nn3)nc2C(=O)OC)c(F)c1. The van der Waals surface area contributed by atoms with E-state index in [4.69, 9.17) is 9.47 Å². The van der Waals surface area contributed by atoms with Crippen molar-refractivity contribution in [2.75, 3.05) is 44.1 Å². The topological polar surface area (TPSA) is 114 Å². The van der Waals surface area contributed by atoms with E-state index in [2.05, 4.69) is 42.6 Å². The number of benzene rings is 2. The summed E-state index contributed by atoms with van der Waals surface area (Å²) in [5.74, 6) is 6.19. The van der Waals surface area contributed by atoms with Crippen molar-refractivity contribution in [3.05, 3.63) is 76.0 Å². The number of anilines is 4. The molecule has 45 heavy (non-hydrogen) atoms. The molecular formula is C32H32FN7O3S2. The monoisotopic (exact) mass is 645 g/mol. The molecule has 0 aliphatic heterocycles. The highest BCUT2D eigenvalue weighted by molar-refractivity contribution is 7.22. The molecule has 0 saturated heterocycles. The van der Waals surface area contributed by atoms with Crippen molar-refractivity contribution in [2.24, 2.45) is 0 Å². The molecule has 0 saturated carbocycles. The second-order valence-electron chi connectivity index (χ2n) is 9.84. The number of para-hydroxylation sites is 1. The van der Waals surface area contributed by atoms with E-state index in [0.29, 0.717) is 41.7 Å². The van der Waals surface area contributed by atoms with Crippen LogP contribution >= 0.6 is 22.7 Å². The van der Waals surface area contributed by atoms with E-state index in [0.717, 1.165) is 32.3 Å². The molecule has 5 aromatic rings. The Morgan fingerprint density at radius 2 is 1.96 bits per heavy atom. The molecule has 3 aromatic heterocycles. The van der Waals surface area contributed by atoms with Gasteiger partial charge in [-0.1, -0.05) is 42.2 Å². The third-order valence-electron chi connectivity index (χ3n) is 6.62. The number of aromatic nitrogens is 4. The van der Waals surface area contributed by atoms with Gasteiger partial charge in [0.15, 0.2) is 39.2 Å². The Labute approximate surface area is 268 Å². The van der Waals surface area contributed by atoms with Crippen molar-refractivity contribution in [1.29, 1.82) is 0 Å². The molecule has 0 fully saturated rings. The lowest BCUT2D eigenvalue weighted by Gasteiger charge is -2.15. The number of hydrogen-bond donors (Lipinski definition) is 2. The van der Waals surface area contributed by atoms with Gasteiger partial charge in [0.1, 0.15) is 0 Å². The van der Waals surface area contributed by atoms with Gasteiger partial charge in [0.05, 0.1) is 30.5 Å². The van der Waals surface area contributed by atoms with Gasteiger partial charge >= 0.3 is 5.97 Å². The minimum atomic E-state index is -0.531. The highest BCUT2D eigenvalue weighted by Crippen LogP contribution is 2.33. The summed E-state index contributed by atoms with van der Waals surface area (Å²) in [5.41, 5.74) is 2.60. The summed E-state index contributed by atoms with van der Waals surface area (Å²) in [6.45, 7) is 5.55. The number of ether oxygens (including phenoxy) is 2. The van der Waals surface area contributed by atoms with Crippen LogP contribution in [-0.4, -0.2) is 60.0 Å². The molecule has 232 valence electrons. The minimum absolute atomic E-state index is 0.153. The molecule has 5 rings (SSSR count). The van der Waals surface area contributed by atoms with Gasteiger partial charge in [-0.2, -0.15) is 0 Å². The van der Waals surface area contributed by atoms with Crippen molar-refractivity contribution in [1.82, 2.24) is 25.5 Å². The molecule has 0 amide bonds. The maximum Gasteiger partial charge on any atom is 0.357 e. The van der Waals surface area contributed by atoms with E-state index < -0.39 is 11.8 Å². The van der Waals surface area contributed by atoms with Crippen LogP contribution in [0.2, 0.25) is 0 Å². The van der Waals surface area contributed by atoms with Gasteiger partial charge in [-0.05, 0) is 68.3 Å². The number of halogens is 1. The molecule has 0 aliphatic rings. The quantitative estimate of drug-likeness (QED) is 0.0916. The zero-order valence-electron chi connectivity index (χ0n) is 25.3. The van der Waals surface area contributed by atoms with E-state index in [1.54, 1.807) is 28.4 Å². The summed E-state index contributed by atoms with van der Waals surface area (Å²) in [6, 6.07) is 14.5. The Morgan fingerprint density at radius 3 is 2.71 bits per heavy atom. The van der Waals surface area contributed by atoms with Gasteiger partial charge in [0.25, 0.3) is 0 Å². The number of carbonyl (C=O) groups is 1. The Bertz CT molecular complexity index is 1830. The van der Waals surface area contributed by atoms with Gasteiger partial charge < -0.3 is 25.0 Å². The number of nitrogens with zero attached hydrogens (tertiary/aromatic N) is 5. The van der Waals surface area contributed by atoms with Crippen LogP contribution in [0.4, 0.5) is 26.3 Å². The van der Waals surface area contributed by atoms with Crippen molar-refractivity contribution < 1.29 is 18.7 Å². The maximum atomic E-state index is 14.6. The van der Waals surface area contributed by atoms with Gasteiger partial charge in [0.2, 0.25) is 0 Å². The van der Waals surface area contributed by atoms with Crippen LogP contribution in [0.15, 0.2) is 48.5 Å². The average molecular weight is 646 g/mol. The molecule has 13 heteroatoms. The van der Waals surface area contributed by atoms with Crippen molar-refractivity contribution in [2.45, 2.75) is 26.7 Å². The van der Waals surface area contributed by atoms with Crippen LogP contribution in [0, 0.1) is 24.6 Å². The van der Waals surface area contributed by atoms with Crippen LogP contribution in [0.5, 0.6) is 5.75 Å². The number of nitrogens with one attached hydrogen (secondary N) is 2. The molecule has 3 heterocycles. The van der Waals surface area contributed by atoms with Crippen LogP contribution in [0.3, 0.4) is 0 Å². The number of carbonyl (C=O) groups excluding carboxylic acids is 1. The highest BCUT2D eigenvalue weighted by atomic mass is 32.1. The second kappa shape index (κ2) is 14.9. The lowest BCUT2D eigenvalue weighted by molar-refractivity contribution is 0.0593. The zero-order valence-corrected chi connectivity index (χ0v) is 26.9.